The number of pyridine rings is 1. The van der Waals surface area contributed by atoms with Crippen molar-refractivity contribution in [3.8, 4) is 0 Å². The Labute approximate surface area is 186 Å². The molecule has 2 aliphatic rings. The molecule has 32 heavy (non-hydrogen) atoms. The lowest BCUT2D eigenvalue weighted by atomic mass is 10.0. The third kappa shape index (κ3) is 4.04. The lowest BCUT2D eigenvalue weighted by molar-refractivity contribution is -0.134. The molecule has 1 saturated carbocycles. The minimum absolute atomic E-state index is 0.0172. The van der Waals surface area contributed by atoms with Gasteiger partial charge in [0.25, 0.3) is 17.4 Å². The van der Waals surface area contributed by atoms with Crippen LogP contribution in [0.1, 0.15) is 44.8 Å². The fourth-order valence-corrected chi connectivity index (χ4v) is 4.21. The second kappa shape index (κ2) is 8.26. The van der Waals surface area contributed by atoms with E-state index in [0.717, 1.165) is 24.0 Å². The van der Waals surface area contributed by atoms with E-state index in [1.165, 1.54) is 16.7 Å². The summed E-state index contributed by atoms with van der Waals surface area (Å²) in [4.78, 5) is 54.3. The zero-order chi connectivity index (χ0) is 23.0. The fourth-order valence-electron chi connectivity index (χ4n) is 4.21. The number of amides is 3. The van der Waals surface area contributed by atoms with Gasteiger partial charge in [-0.15, -0.1) is 0 Å². The Morgan fingerprint density at radius 1 is 1.03 bits per heavy atom. The predicted molar refractivity (Wildman–Crippen MR) is 119 cm³/mol. The normalized spacial score (nSPS) is 16.3. The van der Waals surface area contributed by atoms with E-state index in [9.17, 15) is 19.2 Å². The van der Waals surface area contributed by atoms with Gasteiger partial charge in [0.1, 0.15) is 11.3 Å². The van der Waals surface area contributed by atoms with Crippen LogP contribution in [0.25, 0.3) is 0 Å². The summed E-state index contributed by atoms with van der Waals surface area (Å²) >= 11 is 0. The first-order chi connectivity index (χ1) is 15.2. The standard InChI is InChI=1S/C24H28N4O4/c1-16-4-6-17(7-5-16)14-25-20(29)18-8-9-19-22(31)27(12-13-28(19)21(18)30)15-24(10-11-24)23(32)26(2)3/h4-9H,10-15H2,1-3H3,(H,25,29). The van der Waals surface area contributed by atoms with E-state index in [0.29, 0.717) is 26.2 Å². The molecule has 8 nitrogen and oxygen atoms in total. The highest BCUT2D eigenvalue weighted by Crippen LogP contribution is 2.47. The van der Waals surface area contributed by atoms with Crippen LogP contribution in [0.4, 0.5) is 0 Å². The Kier molecular flexibility index (Phi) is 5.62. The number of hydrogen-bond donors (Lipinski definition) is 1. The lowest BCUT2D eigenvalue weighted by Gasteiger charge is -2.33. The van der Waals surface area contributed by atoms with Crippen LogP contribution in [0, 0.1) is 12.3 Å². The van der Waals surface area contributed by atoms with Crippen LogP contribution in [0.2, 0.25) is 0 Å². The van der Waals surface area contributed by atoms with Gasteiger partial charge in [-0.25, -0.2) is 0 Å². The first kappa shape index (κ1) is 21.8. The van der Waals surface area contributed by atoms with Crippen LogP contribution in [0.3, 0.4) is 0 Å². The maximum Gasteiger partial charge on any atom is 0.270 e. The van der Waals surface area contributed by atoms with Gasteiger partial charge in [-0.05, 0) is 37.5 Å². The summed E-state index contributed by atoms with van der Waals surface area (Å²) in [7, 11) is 3.45. The number of nitrogens with zero attached hydrogens (tertiary/aromatic N) is 3. The van der Waals surface area contributed by atoms with Crippen LogP contribution < -0.4 is 10.9 Å². The number of carbonyl (C=O) groups is 3. The summed E-state index contributed by atoms with van der Waals surface area (Å²) < 4.78 is 1.37. The predicted octanol–water partition coefficient (Wildman–Crippen LogP) is 1.41. The number of hydrogen-bond acceptors (Lipinski definition) is 4. The summed E-state index contributed by atoms with van der Waals surface area (Å²) in [6, 6.07) is 10.7. The van der Waals surface area contributed by atoms with Crippen molar-refractivity contribution >= 4 is 17.7 Å². The summed E-state index contributed by atoms with van der Waals surface area (Å²) in [5.74, 6) is -0.707. The quantitative estimate of drug-likeness (QED) is 0.741. The SMILES string of the molecule is Cc1ccc(CNC(=O)c2ccc3n(c2=O)CCN(CC2(C(=O)N(C)C)CC2)C3=O)cc1. The van der Waals surface area contributed by atoms with Crippen LogP contribution in [0.15, 0.2) is 41.2 Å². The summed E-state index contributed by atoms with van der Waals surface area (Å²) in [6.07, 6.45) is 1.53. The number of rotatable bonds is 6. The van der Waals surface area contributed by atoms with E-state index in [4.69, 9.17) is 0 Å². The molecule has 3 amide bonds. The van der Waals surface area contributed by atoms with Crippen molar-refractivity contribution in [1.29, 1.82) is 0 Å². The van der Waals surface area contributed by atoms with Crippen LogP contribution in [-0.4, -0.2) is 59.3 Å². The monoisotopic (exact) mass is 436 g/mol. The molecule has 0 spiro atoms. The molecule has 2 aromatic rings. The molecule has 1 fully saturated rings. The van der Waals surface area contributed by atoms with Crippen molar-refractivity contribution in [1.82, 2.24) is 19.7 Å². The third-order valence-electron chi connectivity index (χ3n) is 6.30. The molecule has 1 N–H and O–H groups in total. The number of carbonyl (C=O) groups excluding carboxylic acids is 3. The molecule has 168 valence electrons. The molecule has 8 heteroatoms. The van der Waals surface area contributed by atoms with Gasteiger partial charge in [0, 0.05) is 40.3 Å². The molecule has 1 aromatic heterocycles. The third-order valence-corrected chi connectivity index (χ3v) is 6.30. The number of aromatic nitrogens is 1. The van der Waals surface area contributed by atoms with Crippen molar-refractivity contribution in [2.24, 2.45) is 5.41 Å². The molecule has 0 atom stereocenters. The highest BCUT2D eigenvalue weighted by Gasteiger charge is 2.52. The van der Waals surface area contributed by atoms with E-state index in [-0.39, 0.29) is 23.1 Å². The average Bonchev–Trinajstić information content (AvgIpc) is 3.55. The smallest absolute Gasteiger partial charge is 0.270 e. The Morgan fingerprint density at radius 2 is 1.72 bits per heavy atom. The molecule has 0 unspecified atom stereocenters. The number of nitrogens with one attached hydrogen (secondary N) is 1. The van der Waals surface area contributed by atoms with Crippen LogP contribution in [-0.2, 0) is 17.9 Å². The summed E-state index contributed by atoms with van der Waals surface area (Å²) in [5.41, 5.74) is 1.37. The maximum absolute atomic E-state index is 13.0. The van der Waals surface area contributed by atoms with E-state index in [2.05, 4.69) is 5.32 Å². The molecule has 1 aromatic carbocycles. The van der Waals surface area contributed by atoms with Crippen molar-refractivity contribution in [2.45, 2.75) is 32.9 Å². The molecular formula is C24H28N4O4. The fraction of sp³-hybridized carbons (Fsp3) is 0.417. The van der Waals surface area contributed by atoms with E-state index >= 15 is 0 Å². The van der Waals surface area contributed by atoms with Crippen molar-refractivity contribution in [2.75, 3.05) is 27.2 Å². The van der Waals surface area contributed by atoms with Crippen molar-refractivity contribution in [3.63, 3.8) is 0 Å². The largest absolute Gasteiger partial charge is 0.348 e. The molecule has 2 heterocycles. The molecule has 4 rings (SSSR count). The van der Waals surface area contributed by atoms with Crippen LogP contribution >= 0.6 is 0 Å². The Morgan fingerprint density at radius 3 is 2.34 bits per heavy atom. The highest BCUT2D eigenvalue weighted by molar-refractivity contribution is 5.97. The first-order valence-corrected chi connectivity index (χ1v) is 10.8. The number of fused-ring (bicyclic) bond motifs is 1. The molecular weight excluding hydrogens is 408 g/mol. The van der Waals surface area contributed by atoms with Crippen molar-refractivity contribution in [3.05, 3.63) is 69.1 Å². The average molecular weight is 437 g/mol. The second-order valence-corrected chi connectivity index (χ2v) is 8.96. The Bertz CT molecular complexity index is 1130. The zero-order valence-corrected chi connectivity index (χ0v) is 18.7. The zero-order valence-electron chi connectivity index (χ0n) is 18.7. The Hall–Kier alpha value is -3.42. The van der Waals surface area contributed by atoms with E-state index in [1.807, 2.05) is 31.2 Å². The summed E-state index contributed by atoms with van der Waals surface area (Å²) in [5, 5.41) is 2.77. The molecule has 0 radical (unpaired) electrons. The van der Waals surface area contributed by atoms with Gasteiger partial charge in [0.05, 0.1) is 5.41 Å². The van der Waals surface area contributed by atoms with Gasteiger partial charge in [0.15, 0.2) is 0 Å². The molecule has 1 aliphatic carbocycles. The Balaban J connectivity index is 1.48. The second-order valence-electron chi connectivity index (χ2n) is 8.96. The number of aryl methyl sites for hydroxylation is 1. The van der Waals surface area contributed by atoms with Gasteiger partial charge in [0.2, 0.25) is 5.91 Å². The van der Waals surface area contributed by atoms with Gasteiger partial charge in [-0.3, -0.25) is 19.2 Å². The highest BCUT2D eigenvalue weighted by atomic mass is 16.2. The van der Waals surface area contributed by atoms with Gasteiger partial charge >= 0.3 is 0 Å². The lowest BCUT2D eigenvalue weighted by Crippen LogP contribution is -2.49. The first-order valence-electron chi connectivity index (χ1n) is 10.8. The van der Waals surface area contributed by atoms with E-state index in [1.54, 1.807) is 23.9 Å². The van der Waals surface area contributed by atoms with Gasteiger partial charge in [-0.1, -0.05) is 29.8 Å². The van der Waals surface area contributed by atoms with E-state index < -0.39 is 16.9 Å². The minimum Gasteiger partial charge on any atom is -0.348 e. The molecule has 0 bridgehead atoms. The van der Waals surface area contributed by atoms with Gasteiger partial charge < -0.3 is 19.7 Å². The maximum atomic E-state index is 13.0. The summed E-state index contributed by atoms with van der Waals surface area (Å²) in [6.45, 7) is 3.29. The van der Waals surface area contributed by atoms with Crippen LogP contribution in [0.5, 0.6) is 0 Å². The topological polar surface area (TPSA) is 91.7 Å². The molecule has 1 aliphatic heterocycles. The van der Waals surface area contributed by atoms with Crippen molar-refractivity contribution < 1.29 is 14.4 Å². The number of benzene rings is 1. The molecule has 0 saturated heterocycles. The van der Waals surface area contributed by atoms with Gasteiger partial charge in [-0.2, -0.15) is 0 Å². The minimum atomic E-state index is -0.503.